The number of rotatable bonds is 30. The Kier molecular flexibility index (Phi) is 44.8. The molecule has 0 amide bonds. The van der Waals surface area contributed by atoms with Gasteiger partial charge in [0.1, 0.15) is 31.2 Å². The summed E-state index contributed by atoms with van der Waals surface area (Å²) in [6.45, 7) is 30.7. The van der Waals surface area contributed by atoms with Crippen LogP contribution in [-0.2, 0) is 42.8 Å². The van der Waals surface area contributed by atoms with Crippen LogP contribution in [0.15, 0.2) is 162 Å². The summed E-state index contributed by atoms with van der Waals surface area (Å²) in [5, 5.41) is 7.73. The van der Waals surface area contributed by atoms with Gasteiger partial charge in [-0.05, 0) is 190 Å². The van der Waals surface area contributed by atoms with E-state index in [0.717, 1.165) is 58.3 Å². The van der Waals surface area contributed by atoms with E-state index < -0.39 is 19.8 Å². The second kappa shape index (κ2) is 47.8. The molecule has 0 aliphatic heterocycles. The van der Waals surface area contributed by atoms with Gasteiger partial charge in [-0.1, -0.05) is 70.2 Å². The molecule has 5 aromatic rings. The Hall–Kier alpha value is -6.65. The first kappa shape index (κ1) is 97.4. The topological polar surface area (TPSA) is 218 Å². The summed E-state index contributed by atoms with van der Waals surface area (Å²) in [6, 6.07) is 44.8. The van der Waals surface area contributed by atoms with E-state index in [0.29, 0.717) is 36.5 Å². The number of benzene rings is 5. The molecule has 0 saturated carbocycles. The van der Waals surface area contributed by atoms with Crippen LogP contribution in [0.3, 0.4) is 0 Å². The highest BCUT2D eigenvalue weighted by Crippen LogP contribution is 2.56. The van der Waals surface area contributed by atoms with Crippen molar-refractivity contribution in [1.29, 1.82) is 0 Å². The molecule has 6 rings (SSSR count). The first-order chi connectivity index (χ1) is 47.7. The predicted octanol–water partition coefficient (Wildman–Crippen LogP) is 14.9. The maximum atomic E-state index is 12.0. The van der Waals surface area contributed by atoms with Crippen LogP contribution >= 0.6 is 38.2 Å². The summed E-state index contributed by atoms with van der Waals surface area (Å²) >= 11 is 5.67. The van der Waals surface area contributed by atoms with Crippen molar-refractivity contribution in [2.45, 2.75) is 127 Å². The lowest BCUT2D eigenvalue weighted by Crippen LogP contribution is -3.00. The standard InChI is InChI=1S/C29H36N4O2.C25H30N3.C11H26NO2PS.C8H19NS.C7H14NO4P.2H2O/c1-21(22(2)34)30-35-29(23-9-15-26(16-10-23)31(3)4,24-11-17-27(18-12-24)32(5)6)25-13-19-28(20-14-25)33(7)8;1-26(2)22-13-7-19(8-14-22)25(20-9-15-23(16-10-20)27(3)4)21-11-17-24(18-12-21)28(5)6;1-7-14-15(6,13)16-9-8-12(10(2)3)11(4)5;1-7(2)9(5-6-10)8(3)4;1-5-11-13(4,10)12-8-6(2)7(3)9;;/h9-20H,1-8H3;7-18H,1-6H3;10-11H,7-9H2,1-6H3;7-8,10H,5-6H2,1-4H3;5H2,1-4H3;2*1H2/q;+1;;;;;/b30-21+;;;;8-6+;;/t;;15-;;13-;;/m..0.1../s1. The zero-order valence-electron chi connectivity index (χ0n) is 67.9. The third-order valence-electron chi connectivity index (χ3n) is 16.5. The molecule has 20 nitrogen and oxygen atoms in total. The van der Waals surface area contributed by atoms with Crippen molar-refractivity contribution >= 4 is 101 Å². The van der Waals surface area contributed by atoms with E-state index >= 15 is 0 Å². The molecule has 1 aliphatic carbocycles. The fraction of sp³-hybridized carbons (Fsp3) is 0.487. The first-order valence-electron chi connectivity index (χ1n) is 35.1. The van der Waals surface area contributed by atoms with Crippen molar-refractivity contribution in [3.63, 3.8) is 0 Å². The molecule has 24 heteroatoms. The molecule has 1 aliphatic rings. The summed E-state index contributed by atoms with van der Waals surface area (Å²) in [6.07, 6.45) is 8.80. The second-order valence-corrected chi connectivity index (χ2v) is 34.9. The van der Waals surface area contributed by atoms with Crippen LogP contribution in [-0.4, -0.2) is 214 Å². The molecule has 4 N–H and O–H groups in total. The van der Waals surface area contributed by atoms with Crippen LogP contribution in [0.25, 0.3) is 5.57 Å². The molecule has 0 aromatic heterocycles. The van der Waals surface area contributed by atoms with Crippen LogP contribution in [0.1, 0.15) is 125 Å². The number of anilines is 4. The minimum Gasteiger partial charge on any atom is -0.870 e. The van der Waals surface area contributed by atoms with Gasteiger partial charge in [0.05, 0.1) is 34.0 Å². The van der Waals surface area contributed by atoms with E-state index in [1.165, 1.54) is 83.1 Å². The van der Waals surface area contributed by atoms with Crippen LogP contribution < -0.4 is 24.5 Å². The third kappa shape index (κ3) is 32.6. The Bertz CT molecular complexity index is 3430. The zero-order chi connectivity index (χ0) is 77.4. The van der Waals surface area contributed by atoms with Crippen molar-refractivity contribution < 1.29 is 57.7 Å². The van der Waals surface area contributed by atoms with Gasteiger partial charge < -0.3 is 49.4 Å². The lowest BCUT2D eigenvalue weighted by molar-refractivity contribution is -0.786. The van der Waals surface area contributed by atoms with Crippen LogP contribution in [0, 0.1) is 0 Å². The van der Waals surface area contributed by atoms with Gasteiger partial charge in [0.2, 0.25) is 5.60 Å². The quantitative estimate of drug-likeness (QED) is 0.0109. The first-order valence-corrected chi connectivity index (χ1v) is 41.3. The molecule has 0 radical (unpaired) electrons. The zero-order valence-corrected chi connectivity index (χ0v) is 71.4. The Labute approximate surface area is 636 Å². The van der Waals surface area contributed by atoms with Crippen LogP contribution in [0.2, 0.25) is 0 Å². The van der Waals surface area contributed by atoms with Gasteiger partial charge >= 0.3 is 7.60 Å². The number of Topliss-reactive ketones (excluding diaryl/α,β-unsaturated/α-hetero) is 2. The molecule has 580 valence electrons. The Morgan fingerprint density at radius 3 is 1.17 bits per heavy atom. The van der Waals surface area contributed by atoms with Gasteiger partial charge in [-0.15, -0.1) is 0 Å². The Morgan fingerprint density at radius 2 is 0.875 bits per heavy atom. The number of quaternary nitrogens is 1. The van der Waals surface area contributed by atoms with E-state index in [-0.39, 0.29) is 34.8 Å². The smallest absolute Gasteiger partial charge is 0.397 e. The number of hydrogen-bond acceptors (Lipinski definition) is 19. The van der Waals surface area contributed by atoms with Crippen molar-refractivity contribution in [2.75, 3.05) is 155 Å². The number of oxime groups is 2. The fourth-order valence-corrected chi connectivity index (χ4v) is 14.5. The number of carbonyl (C=O) groups is 2. The number of hydrogen-bond donors (Lipinski definition) is 2. The highest BCUT2D eigenvalue weighted by atomic mass is 32.7. The van der Waals surface area contributed by atoms with E-state index in [1.54, 1.807) is 20.5 Å². The van der Waals surface area contributed by atoms with Gasteiger partial charge in [0.15, 0.2) is 17.3 Å². The third-order valence-corrected chi connectivity index (χ3v) is 21.7. The van der Waals surface area contributed by atoms with E-state index in [2.05, 4.69) is 305 Å². The number of thiol groups is 1. The van der Waals surface area contributed by atoms with Gasteiger partial charge in [-0.3, -0.25) is 28.5 Å². The monoisotopic (exact) mass is 1520 g/mol. The average molecular weight is 1520 g/mol. The maximum Gasteiger partial charge on any atom is 0.397 e. The number of nitrogens with one attached hydrogen (secondary N) is 1. The molecule has 0 unspecified atom stereocenters. The molecule has 0 heterocycles. The number of carbonyl (C=O) groups excluding carboxylic acids is 2. The normalized spacial score (nSPS) is 13.2. The lowest BCUT2D eigenvalue weighted by Gasteiger charge is -2.34. The molecule has 0 bridgehead atoms. The Balaban J connectivity index is 0.00000137. The van der Waals surface area contributed by atoms with Crippen molar-refractivity contribution in [2.24, 2.45) is 10.3 Å². The minimum atomic E-state index is -3.13. The molecular formula is C80H129N10O10P2S2+. The van der Waals surface area contributed by atoms with Crippen LogP contribution in [0.5, 0.6) is 0 Å². The van der Waals surface area contributed by atoms with Gasteiger partial charge in [0, 0.05) is 177 Å². The molecular weight excluding hydrogens is 1390 g/mol. The minimum absolute atomic E-state index is 0. The summed E-state index contributed by atoms with van der Waals surface area (Å²) in [4.78, 5) is 43.6. The van der Waals surface area contributed by atoms with E-state index in [1.807, 2.05) is 49.2 Å². The number of allylic oxidation sites excluding steroid dienone is 5. The Morgan fingerprint density at radius 1 is 0.538 bits per heavy atom. The summed E-state index contributed by atoms with van der Waals surface area (Å²) in [7, 11) is 21.5. The van der Waals surface area contributed by atoms with Crippen molar-refractivity contribution in [3.8, 4) is 0 Å². The molecule has 0 spiro atoms. The SMILES string of the molecule is CC(=O)/C(C)=N/OC(c1ccc(N(C)C)cc1)(c1ccc(N(C)C)cc1)c1ccc(N(C)C)cc1.CC(C)N(CCS)C(C)C.CCO[P@@](C)(=O)O/N=C(\C)C(C)=O.CCO[P@](C)(=O)SCCN(C(C)C)C(C)C.CN(C)c1ccc(C(=C2C=CC(=[N+](C)C)C=C2)c2ccc([NH+](C)C)cc2)cc1.O.[OH-]. The van der Waals surface area contributed by atoms with Crippen LogP contribution in [0.4, 0.5) is 28.4 Å². The van der Waals surface area contributed by atoms with Gasteiger partial charge in [-0.25, -0.2) is 9.14 Å². The van der Waals surface area contributed by atoms with Crippen molar-refractivity contribution in [3.05, 3.63) is 179 Å². The lowest BCUT2D eigenvalue weighted by atomic mass is 9.80. The molecule has 104 heavy (non-hydrogen) atoms. The largest absolute Gasteiger partial charge is 0.870 e. The van der Waals surface area contributed by atoms with Crippen molar-refractivity contribution in [1.82, 2.24) is 9.80 Å². The fourth-order valence-electron chi connectivity index (χ4n) is 10.5. The molecule has 0 fully saturated rings. The summed E-state index contributed by atoms with van der Waals surface area (Å²) in [5.41, 5.74) is 14.1. The molecule has 5 aromatic carbocycles. The predicted molar refractivity (Wildman–Crippen MR) is 449 cm³/mol. The molecule has 2 atom stereocenters. The summed E-state index contributed by atoms with van der Waals surface area (Å²) < 4.78 is 39.9. The van der Waals surface area contributed by atoms with E-state index in [4.69, 9.17) is 13.9 Å². The highest BCUT2D eigenvalue weighted by molar-refractivity contribution is 8.56. The van der Waals surface area contributed by atoms with E-state index in [9.17, 15) is 18.7 Å². The van der Waals surface area contributed by atoms with Gasteiger partial charge in [0.25, 0.3) is 6.57 Å². The average Bonchev–Trinajstić information content (AvgIpc) is 0.749. The number of nitrogens with zero attached hydrogens (tertiary/aromatic N) is 9. The summed E-state index contributed by atoms with van der Waals surface area (Å²) in [5.74, 6) is 1.46. The van der Waals surface area contributed by atoms with Gasteiger partial charge in [-0.2, -0.15) is 12.6 Å². The second-order valence-electron chi connectivity index (χ2n) is 27.3. The highest BCUT2D eigenvalue weighted by Gasteiger charge is 2.40. The maximum absolute atomic E-state index is 12.0. The molecule has 0 saturated heterocycles. The number of ketones is 2.